The van der Waals surface area contributed by atoms with Crippen molar-refractivity contribution >= 4 is 5.91 Å². The fraction of sp³-hybridized carbons (Fsp3) is 0.316. The van der Waals surface area contributed by atoms with Gasteiger partial charge in [-0.25, -0.2) is 0 Å². The molecule has 3 aromatic heterocycles. The third-order valence-electron chi connectivity index (χ3n) is 4.39. The molecule has 1 atom stereocenters. The second kappa shape index (κ2) is 8.05. The minimum Gasteiger partial charge on any atom is -0.368 e. The average molecular weight is 365 g/mol. The second-order valence-electron chi connectivity index (χ2n) is 6.29. The van der Waals surface area contributed by atoms with E-state index in [0.717, 1.165) is 18.4 Å². The first-order chi connectivity index (χ1) is 13.3. The van der Waals surface area contributed by atoms with Gasteiger partial charge in [0.1, 0.15) is 12.3 Å². The summed E-state index contributed by atoms with van der Waals surface area (Å²) >= 11 is 0. The fourth-order valence-corrected chi connectivity index (χ4v) is 3.03. The Bertz CT molecular complexity index is 885. The number of rotatable bonds is 5. The number of amides is 1. The molecule has 1 fully saturated rings. The molecule has 4 heterocycles. The molecule has 1 aliphatic rings. The van der Waals surface area contributed by atoms with Gasteiger partial charge in [0.25, 0.3) is 11.8 Å². The van der Waals surface area contributed by atoms with Crippen LogP contribution in [0.5, 0.6) is 0 Å². The van der Waals surface area contributed by atoms with Gasteiger partial charge in [0.15, 0.2) is 5.82 Å². The molecule has 0 aromatic carbocycles. The van der Waals surface area contributed by atoms with E-state index >= 15 is 0 Å². The van der Waals surface area contributed by atoms with E-state index in [4.69, 9.17) is 9.26 Å². The number of aromatic nitrogens is 4. The molecule has 1 amide bonds. The quantitative estimate of drug-likeness (QED) is 0.685. The van der Waals surface area contributed by atoms with E-state index in [2.05, 4.69) is 20.1 Å². The van der Waals surface area contributed by atoms with Crippen molar-refractivity contribution < 1.29 is 14.1 Å². The van der Waals surface area contributed by atoms with Crippen LogP contribution in [0.4, 0.5) is 0 Å². The average Bonchev–Trinajstić information content (AvgIpc) is 3.22. The zero-order valence-corrected chi connectivity index (χ0v) is 14.7. The topological polar surface area (TPSA) is 94.2 Å². The minimum atomic E-state index is -0.0663. The number of carbonyl (C=O) groups is 1. The number of pyridine rings is 2. The SMILES string of the molecule is O=C(c1ccccn1)N1CCCC(OCc2noc(-c3ccncc3)n2)C1. The Kier molecular flexibility index (Phi) is 5.15. The lowest BCUT2D eigenvalue weighted by Gasteiger charge is -2.32. The molecule has 3 aromatic rings. The molecule has 0 radical (unpaired) electrons. The summed E-state index contributed by atoms with van der Waals surface area (Å²) in [6.45, 7) is 1.49. The Balaban J connectivity index is 1.34. The van der Waals surface area contributed by atoms with Crippen molar-refractivity contribution in [3.63, 3.8) is 0 Å². The summed E-state index contributed by atoms with van der Waals surface area (Å²) in [5.41, 5.74) is 1.27. The molecule has 0 aliphatic carbocycles. The van der Waals surface area contributed by atoms with Gasteiger partial charge in [-0.1, -0.05) is 11.2 Å². The summed E-state index contributed by atoms with van der Waals surface area (Å²) in [4.78, 5) is 26.8. The molecule has 0 N–H and O–H groups in total. The molecule has 138 valence electrons. The molecule has 8 nitrogen and oxygen atoms in total. The Morgan fingerprint density at radius 2 is 2.11 bits per heavy atom. The van der Waals surface area contributed by atoms with Crippen molar-refractivity contribution in [2.75, 3.05) is 13.1 Å². The monoisotopic (exact) mass is 365 g/mol. The largest absolute Gasteiger partial charge is 0.368 e. The van der Waals surface area contributed by atoms with Gasteiger partial charge in [-0.3, -0.25) is 14.8 Å². The smallest absolute Gasteiger partial charge is 0.272 e. The summed E-state index contributed by atoms with van der Waals surface area (Å²) in [5.74, 6) is 0.852. The number of carbonyl (C=O) groups excluding carboxylic acids is 1. The van der Waals surface area contributed by atoms with Crippen molar-refractivity contribution in [3.8, 4) is 11.5 Å². The highest BCUT2D eigenvalue weighted by Gasteiger charge is 2.26. The van der Waals surface area contributed by atoms with Crippen molar-refractivity contribution in [2.45, 2.75) is 25.6 Å². The zero-order chi connectivity index (χ0) is 18.5. The van der Waals surface area contributed by atoms with Gasteiger partial charge >= 0.3 is 0 Å². The van der Waals surface area contributed by atoms with Crippen LogP contribution in [0.1, 0.15) is 29.2 Å². The summed E-state index contributed by atoms with van der Waals surface area (Å²) < 4.78 is 11.2. The molecule has 1 unspecified atom stereocenters. The van der Waals surface area contributed by atoms with E-state index in [0.29, 0.717) is 30.5 Å². The van der Waals surface area contributed by atoms with E-state index in [1.807, 2.05) is 6.07 Å². The highest BCUT2D eigenvalue weighted by Crippen LogP contribution is 2.18. The van der Waals surface area contributed by atoms with Crippen molar-refractivity contribution in [1.82, 2.24) is 25.0 Å². The van der Waals surface area contributed by atoms with Crippen LogP contribution in [-0.4, -0.2) is 50.1 Å². The molecule has 8 heteroatoms. The molecule has 0 saturated carbocycles. The fourth-order valence-electron chi connectivity index (χ4n) is 3.03. The molecular weight excluding hydrogens is 346 g/mol. The van der Waals surface area contributed by atoms with Gasteiger partial charge < -0.3 is 14.2 Å². The van der Waals surface area contributed by atoms with Crippen molar-refractivity contribution in [3.05, 3.63) is 60.4 Å². The van der Waals surface area contributed by atoms with Crippen LogP contribution < -0.4 is 0 Å². The van der Waals surface area contributed by atoms with Crippen LogP contribution in [0.2, 0.25) is 0 Å². The van der Waals surface area contributed by atoms with Gasteiger partial charge in [-0.05, 0) is 37.1 Å². The Morgan fingerprint density at radius 1 is 1.22 bits per heavy atom. The maximum atomic E-state index is 12.5. The molecule has 0 bridgehead atoms. The molecule has 0 spiro atoms. The van der Waals surface area contributed by atoms with Crippen LogP contribution in [0.15, 0.2) is 53.4 Å². The Labute approximate surface area is 156 Å². The van der Waals surface area contributed by atoms with Crippen LogP contribution in [-0.2, 0) is 11.3 Å². The van der Waals surface area contributed by atoms with E-state index in [1.165, 1.54) is 0 Å². The standard InChI is InChI=1S/C19H19N5O3/c25-19(16-5-1-2-8-21-16)24-11-3-4-15(12-24)26-13-17-22-18(27-23-17)14-6-9-20-10-7-14/h1-2,5-10,15H,3-4,11-13H2. The van der Waals surface area contributed by atoms with E-state index in [-0.39, 0.29) is 18.6 Å². The first-order valence-electron chi connectivity index (χ1n) is 8.84. The van der Waals surface area contributed by atoms with Gasteiger partial charge in [0.05, 0.1) is 6.10 Å². The third kappa shape index (κ3) is 4.17. The molecular formula is C19H19N5O3. The van der Waals surface area contributed by atoms with Gasteiger partial charge in [-0.2, -0.15) is 4.98 Å². The molecule has 1 saturated heterocycles. The van der Waals surface area contributed by atoms with E-state index < -0.39 is 0 Å². The maximum Gasteiger partial charge on any atom is 0.272 e. The summed E-state index contributed by atoms with van der Waals surface area (Å²) in [6, 6.07) is 8.95. The lowest BCUT2D eigenvalue weighted by atomic mass is 10.1. The Hall–Kier alpha value is -3.13. The lowest BCUT2D eigenvalue weighted by Crippen LogP contribution is -2.43. The van der Waals surface area contributed by atoms with Gasteiger partial charge in [0.2, 0.25) is 0 Å². The third-order valence-corrected chi connectivity index (χ3v) is 4.39. The number of piperidine rings is 1. The van der Waals surface area contributed by atoms with Crippen LogP contribution in [0.25, 0.3) is 11.5 Å². The first-order valence-corrected chi connectivity index (χ1v) is 8.84. The summed E-state index contributed by atoms with van der Waals surface area (Å²) in [6.07, 6.45) is 6.69. The number of hydrogen-bond acceptors (Lipinski definition) is 7. The van der Waals surface area contributed by atoms with Crippen LogP contribution >= 0.6 is 0 Å². The molecule has 4 rings (SSSR count). The summed E-state index contributed by atoms with van der Waals surface area (Å²) in [5, 5.41) is 3.96. The predicted molar refractivity (Wildman–Crippen MR) is 95.5 cm³/mol. The van der Waals surface area contributed by atoms with Crippen molar-refractivity contribution in [2.24, 2.45) is 0 Å². The second-order valence-corrected chi connectivity index (χ2v) is 6.29. The van der Waals surface area contributed by atoms with E-state index in [1.54, 1.807) is 47.8 Å². The van der Waals surface area contributed by atoms with Crippen LogP contribution in [0.3, 0.4) is 0 Å². The lowest BCUT2D eigenvalue weighted by molar-refractivity contribution is -0.00976. The minimum absolute atomic E-state index is 0.0608. The van der Waals surface area contributed by atoms with E-state index in [9.17, 15) is 4.79 Å². The molecule has 1 aliphatic heterocycles. The predicted octanol–water partition coefficient (Wildman–Crippen LogP) is 2.35. The highest BCUT2D eigenvalue weighted by molar-refractivity contribution is 5.92. The highest BCUT2D eigenvalue weighted by atomic mass is 16.5. The maximum absolute atomic E-state index is 12.5. The zero-order valence-electron chi connectivity index (χ0n) is 14.7. The van der Waals surface area contributed by atoms with Gasteiger partial charge in [-0.15, -0.1) is 0 Å². The number of ether oxygens (including phenoxy) is 1. The number of hydrogen-bond donors (Lipinski definition) is 0. The van der Waals surface area contributed by atoms with Crippen LogP contribution in [0, 0.1) is 0 Å². The number of nitrogens with zero attached hydrogens (tertiary/aromatic N) is 5. The Morgan fingerprint density at radius 3 is 2.93 bits per heavy atom. The van der Waals surface area contributed by atoms with Crippen molar-refractivity contribution in [1.29, 1.82) is 0 Å². The normalized spacial score (nSPS) is 17.0. The first kappa shape index (κ1) is 17.3. The van der Waals surface area contributed by atoms with Gasteiger partial charge in [0, 0.05) is 37.2 Å². The summed E-state index contributed by atoms with van der Waals surface area (Å²) in [7, 11) is 0. The number of likely N-dealkylation sites (tertiary alicyclic amines) is 1. The molecule has 27 heavy (non-hydrogen) atoms.